The Labute approximate surface area is 165 Å². The number of fused-ring (bicyclic) bond motifs is 2. The van der Waals surface area contributed by atoms with Crippen molar-refractivity contribution >= 4 is 23.4 Å². The number of rotatable bonds is 5. The van der Waals surface area contributed by atoms with Crippen molar-refractivity contribution in [3.05, 3.63) is 30.7 Å². The first-order valence-corrected chi connectivity index (χ1v) is 10.5. The zero-order valence-corrected chi connectivity index (χ0v) is 16.6. The molecule has 1 saturated carbocycles. The van der Waals surface area contributed by atoms with Gasteiger partial charge in [0.1, 0.15) is 5.82 Å². The number of anilines is 3. The SMILES string of the molecule is CCn1ccc(Nc2nccc(N3C[C@H]4CC[C@@H](C3)N4C(=O)[C@@H]3C[C@H]3C)n2)c1. The summed E-state index contributed by atoms with van der Waals surface area (Å²) in [6, 6.07) is 4.65. The molecule has 2 aliphatic heterocycles. The molecule has 2 saturated heterocycles. The van der Waals surface area contributed by atoms with Crippen molar-refractivity contribution in [1.29, 1.82) is 0 Å². The number of carbonyl (C=O) groups is 1. The Balaban J connectivity index is 1.29. The van der Waals surface area contributed by atoms with Gasteiger partial charge < -0.3 is 19.7 Å². The molecule has 5 rings (SSSR count). The molecule has 7 heteroatoms. The van der Waals surface area contributed by atoms with Crippen molar-refractivity contribution in [2.75, 3.05) is 23.3 Å². The van der Waals surface area contributed by atoms with Crippen LogP contribution in [0.3, 0.4) is 0 Å². The number of piperazine rings is 1. The second-order valence-electron chi connectivity index (χ2n) is 8.45. The second-order valence-corrected chi connectivity index (χ2v) is 8.45. The highest BCUT2D eigenvalue weighted by Gasteiger charge is 2.49. The van der Waals surface area contributed by atoms with E-state index in [1.54, 1.807) is 0 Å². The molecule has 3 aliphatic rings. The van der Waals surface area contributed by atoms with E-state index in [-0.39, 0.29) is 5.92 Å². The van der Waals surface area contributed by atoms with Crippen molar-refractivity contribution in [3.8, 4) is 0 Å². The average molecular weight is 380 g/mol. The number of nitrogens with zero attached hydrogens (tertiary/aromatic N) is 5. The Kier molecular flexibility index (Phi) is 4.25. The van der Waals surface area contributed by atoms with Crippen LogP contribution in [-0.4, -0.2) is 50.5 Å². The Morgan fingerprint density at radius 3 is 2.64 bits per heavy atom. The fourth-order valence-electron chi connectivity index (χ4n) is 4.73. The molecule has 2 bridgehead atoms. The maximum atomic E-state index is 12.8. The summed E-state index contributed by atoms with van der Waals surface area (Å²) in [7, 11) is 0. The number of hydrogen-bond donors (Lipinski definition) is 1. The smallest absolute Gasteiger partial charge is 0.229 e. The fraction of sp³-hybridized carbons (Fsp3) is 0.571. The van der Waals surface area contributed by atoms with Gasteiger partial charge in [-0.15, -0.1) is 0 Å². The summed E-state index contributed by atoms with van der Waals surface area (Å²) in [5.74, 6) is 2.80. The van der Waals surface area contributed by atoms with Gasteiger partial charge in [-0.1, -0.05) is 6.92 Å². The number of carbonyl (C=O) groups excluding carboxylic acids is 1. The minimum absolute atomic E-state index is 0.278. The third-order valence-corrected chi connectivity index (χ3v) is 6.50. The molecule has 0 radical (unpaired) electrons. The van der Waals surface area contributed by atoms with Gasteiger partial charge >= 0.3 is 0 Å². The predicted molar refractivity (Wildman–Crippen MR) is 109 cm³/mol. The van der Waals surface area contributed by atoms with E-state index in [9.17, 15) is 4.79 Å². The van der Waals surface area contributed by atoms with Crippen LogP contribution in [0.1, 0.15) is 33.1 Å². The van der Waals surface area contributed by atoms with E-state index in [1.165, 1.54) is 0 Å². The zero-order chi connectivity index (χ0) is 19.3. The summed E-state index contributed by atoms with van der Waals surface area (Å²) < 4.78 is 2.11. The molecule has 4 atom stereocenters. The number of nitrogens with one attached hydrogen (secondary N) is 1. The van der Waals surface area contributed by atoms with Gasteiger partial charge in [0.15, 0.2) is 0 Å². The second kappa shape index (κ2) is 6.79. The third-order valence-electron chi connectivity index (χ3n) is 6.50. The van der Waals surface area contributed by atoms with Gasteiger partial charge in [-0.3, -0.25) is 4.79 Å². The van der Waals surface area contributed by atoms with Crippen LogP contribution < -0.4 is 10.2 Å². The molecule has 7 nitrogen and oxygen atoms in total. The minimum atomic E-state index is 0.278. The van der Waals surface area contributed by atoms with Crippen LogP contribution in [0.5, 0.6) is 0 Å². The van der Waals surface area contributed by atoms with E-state index >= 15 is 0 Å². The quantitative estimate of drug-likeness (QED) is 0.864. The molecule has 3 fully saturated rings. The highest BCUT2D eigenvalue weighted by atomic mass is 16.2. The van der Waals surface area contributed by atoms with Crippen molar-refractivity contribution in [2.24, 2.45) is 11.8 Å². The lowest BCUT2D eigenvalue weighted by atomic mass is 10.1. The lowest BCUT2D eigenvalue weighted by molar-refractivity contribution is -0.136. The zero-order valence-electron chi connectivity index (χ0n) is 16.6. The van der Waals surface area contributed by atoms with Crippen molar-refractivity contribution in [2.45, 2.75) is 51.7 Å². The maximum absolute atomic E-state index is 12.8. The van der Waals surface area contributed by atoms with Gasteiger partial charge in [0.25, 0.3) is 0 Å². The molecule has 1 N–H and O–H groups in total. The lowest BCUT2D eigenvalue weighted by Crippen LogP contribution is -2.56. The largest absolute Gasteiger partial charge is 0.352 e. The van der Waals surface area contributed by atoms with Crippen molar-refractivity contribution in [3.63, 3.8) is 0 Å². The molecular weight excluding hydrogens is 352 g/mol. The fourth-order valence-corrected chi connectivity index (χ4v) is 4.73. The highest BCUT2D eigenvalue weighted by Crippen LogP contribution is 2.43. The van der Waals surface area contributed by atoms with Crippen LogP contribution in [0.15, 0.2) is 30.7 Å². The van der Waals surface area contributed by atoms with Crippen LogP contribution >= 0.6 is 0 Å². The van der Waals surface area contributed by atoms with Crippen LogP contribution in [-0.2, 0) is 11.3 Å². The van der Waals surface area contributed by atoms with Crippen LogP contribution in [0.4, 0.5) is 17.5 Å². The third kappa shape index (κ3) is 3.12. The molecule has 0 aromatic carbocycles. The summed E-state index contributed by atoms with van der Waals surface area (Å²) in [5, 5.41) is 3.30. The first-order chi connectivity index (χ1) is 13.6. The van der Waals surface area contributed by atoms with Gasteiger partial charge in [-0.05, 0) is 44.2 Å². The number of hydrogen-bond acceptors (Lipinski definition) is 5. The van der Waals surface area contributed by atoms with Gasteiger partial charge in [0.05, 0.1) is 5.69 Å². The number of amides is 1. The topological polar surface area (TPSA) is 66.3 Å². The maximum Gasteiger partial charge on any atom is 0.229 e. The summed E-state index contributed by atoms with van der Waals surface area (Å²) in [5.41, 5.74) is 0.994. The minimum Gasteiger partial charge on any atom is -0.352 e. The Morgan fingerprint density at radius 2 is 2.00 bits per heavy atom. The van der Waals surface area contributed by atoms with Gasteiger partial charge in [0, 0.05) is 56.2 Å². The summed E-state index contributed by atoms with van der Waals surface area (Å²) in [6.45, 7) is 6.97. The van der Waals surface area contributed by atoms with Crippen LogP contribution in [0, 0.1) is 11.8 Å². The predicted octanol–water partition coefficient (Wildman–Crippen LogP) is 2.88. The molecule has 1 aliphatic carbocycles. The monoisotopic (exact) mass is 380 g/mol. The van der Waals surface area contributed by atoms with Crippen molar-refractivity contribution < 1.29 is 4.79 Å². The Morgan fingerprint density at radius 1 is 1.25 bits per heavy atom. The summed E-state index contributed by atoms with van der Waals surface area (Å²) in [6.07, 6.45) is 9.19. The number of aromatic nitrogens is 3. The van der Waals surface area contributed by atoms with Crippen molar-refractivity contribution in [1.82, 2.24) is 19.4 Å². The number of aryl methyl sites for hydroxylation is 1. The Bertz CT molecular complexity index is 865. The molecule has 4 heterocycles. The van der Waals surface area contributed by atoms with Crippen LogP contribution in [0.2, 0.25) is 0 Å². The summed E-state index contributed by atoms with van der Waals surface area (Å²) in [4.78, 5) is 26.5. The van der Waals surface area contributed by atoms with E-state index in [2.05, 4.69) is 44.7 Å². The molecule has 1 amide bonds. The average Bonchev–Trinajstić information content (AvgIpc) is 3.16. The van der Waals surface area contributed by atoms with Gasteiger partial charge in [-0.25, -0.2) is 4.98 Å². The van der Waals surface area contributed by atoms with E-state index in [0.29, 0.717) is 29.9 Å². The van der Waals surface area contributed by atoms with E-state index in [4.69, 9.17) is 4.98 Å². The molecule has 0 unspecified atom stereocenters. The molecule has 148 valence electrons. The molecule has 2 aromatic rings. The molecular formula is C21H28N6O. The highest BCUT2D eigenvalue weighted by molar-refractivity contribution is 5.83. The molecule has 0 spiro atoms. The van der Waals surface area contributed by atoms with E-state index in [1.807, 2.05) is 24.5 Å². The standard InChI is InChI=1S/C21H28N6O/c1-3-25-9-7-15(11-25)23-21-22-8-6-19(24-21)26-12-16-4-5-17(13-26)27(16)20(28)18-10-14(18)2/h6-9,11,14,16-18H,3-5,10,12-13H2,1-2H3,(H,22,23,24)/t14-,16-,17+,18-/m1/s1. The molecule has 28 heavy (non-hydrogen) atoms. The van der Waals surface area contributed by atoms with E-state index < -0.39 is 0 Å². The Hall–Kier alpha value is -2.57. The van der Waals surface area contributed by atoms with Crippen LogP contribution in [0.25, 0.3) is 0 Å². The summed E-state index contributed by atoms with van der Waals surface area (Å²) >= 11 is 0. The normalized spacial score (nSPS) is 28.5. The van der Waals surface area contributed by atoms with Gasteiger partial charge in [-0.2, -0.15) is 4.98 Å². The van der Waals surface area contributed by atoms with E-state index in [0.717, 1.165) is 50.4 Å². The first kappa shape index (κ1) is 17.5. The lowest BCUT2D eigenvalue weighted by Gasteiger charge is -2.41. The van der Waals surface area contributed by atoms with Gasteiger partial charge in [0.2, 0.25) is 11.9 Å². The first-order valence-electron chi connectivity index (χ1n) is 10.5. The molecule has 2 aromatic heterocycles.